The average Bonchev–Trinajstić information content (AvgIpc) is 2.43. The van der Waals surface area contributed by atoms with Crippen molar-refractivity contribution in [3.05, 3.63) is 57.7 Å². The van der Waals surface area contributed by atoms with Gasteiger partial charge in [-0.15, -0.1) is 0 Å². The molecule has 0 saturated heterocycles. The van der Waals surface area contributed by atoms with Crippen molar-refractivity contribution < 1.29 is 8.78 Å². The van der Waals surface area contributed by atoms with Crippen molar-refractivity contribution in [2.75, 3.05) is 0 Å². The molecule has 0 unspecified atom stereocenters. The molecule has 0 atom stereocenters. The Morgan fingerprint density at radius 1 is 1.05 bits per heavy atom. The van der Waals surface area contributed by atoms with Crippen LogP contribution in [0.3, 0.4) is 0 Å². The third kappa shape index (κ3) is 2.45. The summed E-state index contributed by atoms with van der Waals surface area (Å²) in [6.07, 6.45) is 0. The fourth-order valence-electron chi connectivity index (χ4n) is 2.06. The molecule has 2 nitrogen and oxygen atoms in total. The maximum absolute atomic E-state index is 13.9. The lowest BCUT2D eigenvalue weighted by Gasteiger charge is -2.08. The van der Waals surface area contributed by atoms with Crippen LogP contribution in [0.2, 0.25) is 10.2 Å². The summed E-state index contributed by atoms with van der Waals surface area (Å²) in [7, 11) is 0. The molecular formula is C15H8Cl2F2N2. The highest BCUT2D eigenvalue weighted by Crippen LogP contribution is 2.32. The average molecular weight is 325 g/mol. The van der Waals surface area contributed by atoms with Crippen LogP contribution in [0, 0.1) is 18.6 Å². The highest BCUT2D eigenvalue weighted by Gasteiger charge is 2.15. The summed E-state index contributed by atoms with van der Waals surface area (Å²) in [5.74, 6) is -1.32. The van der Waals surface area contributed by atoms with Gasteiger partial charge in [0.25, 0.3) is 0 Å². The number of hydrogen-bond donors (Lipinski definition) is 0. The molecule has 106 valence electrons. The standard InChI is InChI=1S/C15H8Cl2F2N2/c1-7-3-2-4-9(12(7)16)15-20-13-10(14(17)21-15)5-8(18)6-11(13)19/h2-6H,1H3. The maximum Gasteiger partial charge on any atom is 0.163 e. The third-order valence-electron chi connectivity index (χ3n) is 3.10. The van der Waals surface area contributed by atoms with Crippen LogP contribution < -0.4 is 0 Å². The number of rotatable bonds is 1. The van der Waals surface area contributed by atoms with Gasteiger partial charge >= 0.3 is 0 Å². The zero-order valence-electron chi connectivity index (χ0n) is 10.8. The predicted molar refractivity (Wildman–Crippen MR) is 79.6 cm³/mol. The van der Waals surface area contributed by atoms with Gasteiger partial charge in [-0.1, -0.05) is 35.3 Å². The summed E-state index contributed by atoms with van der Waals surface area (Å²) in [6, 6.07) is 7.20. The normalized spacial score (nSPS) is 11.1. The van der Waals surface area contributed by atoms with E-state index < -0.39 is 11.6 Å². The zero-order valence-corrected chi connectivity index (χ0v) is 12.3. The number of hydrogen-bond acceptors (Lipinski definition) is 2. The number of benzene rings is 2. The molecule has 0 saturated carbocycles. The van der Waals surface area contributed by atoms with E-state index >= 15 is 0 Å². The van der Waals surface area contributed by atoms with Gasteiger partial charge < -0.3 is 0 Å². The quantitative estimate of drug-likeness (QED) is 0.575. The van der Waals surface area contributed by atoms with Crippen molar-refractivity contribution in [3.63, 3.8) is 0 Å². The van der Waals surface area contributed by atoms with Gasteiger partial charge in [0.15, 0.2) is 11.6 Å². The minimum atomic E-state index is -0.792. The van der Waals surface area contributed by atoms with Gasteiger partial charge in [-0.3, -0.25) is 0 Å². The second-order valence-corrected chi connectivity index (χ2v) is 5.29. The van der Waals surface area contributed by atoms with Gasteiger partial charge in [0.1, 0.15) is 16.5 Å². The van der Waals surface area contributed by atoms with Crippen LogP contribution in [0.4, 0.5) is 8.78 Å². The maximum atomic E-state index is 13.9. The lowest BCUT2D eigenvalue weighted by molar-refractivity contribution is 0.590. The van der Waals surface area contributed by atoms with Crippen LogP contribution in [-0.2, 0) is 0 Å². The molecule has 0 spiro atoms. The summed E-state index contributed by atoms with van der Waals surface area (Å²) in [4.78, 5) is 8.22. The third-order valence-corrected chi connectivity index (χ3v) is 3.89. The number of halogens is 4. The highest BCUT2D eigenvalue weighted by molar-refractivity contribution is 6.35. The molecule has 3 aromatic rings. The highest BCUT2D eigenvalue weighted by atomic mass is 35.5. The second kappa shape index (κ2) is 5.20. The Hall–Kier alpha value is -1.78. The van der Waals surface area contributed by atoms with E-state index in [9.17, 15) is 8.78 Å². The summed E-state index contributed by atoms with van der Waals surface area (Å²) < 4.78 is 27.1. The van der Waals surface area contributed by atoms with Crippen LogP contribution in [0.25, 0.3) is 22.3 Å². The lowest BCUT2D eigenvalue weighted by Crippen LogP contribution is -1.96. The molecule has 3 rings (SSSR count). The first kappa shape index (κ1) is 14.2. The molecule has 1 aromatic heterocycles. The molecule has 1 heterocycles. The number of fused-ring (bicyclic) bond motifs is 1. The summed E-state index contributed by atoms with van der Waals surface area (Å²) in [5, 5.41) is 0.572. The Labute approximate surface area is 129 Å². The molecule has 0 radical (unpaired) electrons. The Morgan fingerprint density at radius 2 is 1.81 bits per heavy atom. The first-order valence-corrected chi connectivity index (χ1v) is 6.81. The van der Waals surface area contributed by atoms with Crippen LogP contribution in [0.5, 0.6) is 0 Å². The van der Waals surface area contributed by atoms with Crippen LogP contribution in [0.15, 0.2) is 30.3 Å². The Kier molecular flexibility index (Phi) is 3.51. The van der Waals surface area contributed by atoms with E-state index in [1.165, 1.54) is 0 Å². The largest absolute Gasteiger partial charge is 0.225 e. The van der Waals surface area contributed by atoms with Gasteiger partial charge in [-0.25, -0.2) is 18.7 Å². The summed E-state index contributed by atoms with van der Waals surface area (Å²) >= 11 is 12.2. The van der Waals surface area contributed by atoms with Gasteiger partial charge in [0.2, 0.25) is 0 Å². The van der Waals surface area contributed by atoms with E-state index in [0.29, 0.717) is 10.6 Å². The van der Waals surface area contributed by atoms with E-state index in [2.05, 4.69) is 9.97 Å². The first-order valence-electron chi connectivity index (χ1n) is 6.05. The van der Waals surface area contributed by atoms with Crippen LogP contribution >= 0.6 is 23.2 Å². The lowest BCUT2D eigenvalue weighted by atomic mass is 10.1. The van der Waals surface area contributed by atoms with Gasteiger partial charge in [-0.05, 0) is 24.6 Å². The van der Waals surface area contributed by atoms with Crippen molar-refractivity contribution in [2.24, 2.45) is 0 Å². The molecule has 0 aliphatic heterocycles. The molecule has 0 bridgehead atoms. The molecule has 6 heteroatoms. The van der Waals surface area contributed by atoms with E-state index in [1.807, 2.05) is 13.0 Å². The monoisotopic (exact) mass is 324 g/mol. The van der Waals surface area contributed by atoms with Gasteiger partial charge in [-0.2, -0.15) is 0 Å². The second-order valence-electron chi connectivity index (χ2n) is 4.56. The molecule has 0 aliphatic rings. The van der Waals surface area contributed by atoms with Crippen molar-refractivity contribution in [1.29, 1.82) is 0 Å². The molecule has 0 aliphatic carbocycles. The van der Waals surface area contributed by atoms with E-state index in [0.717, 1.165) is 17.7 Å². The van der Waals surface area contributed by atoms with Gasteiger partial charge in [0, 0.05) is 17.0 Å². The Balaban J connectivity index is 2.33. The molecule has 2 aromatic carbocycles. The van der Waals surface area contributed by atoms with Crippen molar-refractivity contribution in [1.82, 2.24) is 9.97 Å². The minimum Gasteiger partial charge on any atom is -0.225 e. The molecule has 21 heavy (non-hydrogen) atoms. The topological polar surface area (TPSA) is 25.8 Å². The number of nitrogens with zero attached hydrogens (tertiary/aromatic N) is 2. The minimum absolute atomic E-state index is 0.0222. The van der Waals surface area contributed by atoms with Crippen LogP contribution in [0.1, 0.15) is 5.56 Å². The van der Waals surface area contributed by atoms with E-state index in [4.69, 9.17) is 23.2 Å². The smallest absolute Gasteiger partial charge is 0.163 e. The van der Waals surface area contributed by atoms with Crippen molar-refractivity contribution >= 4 is 34.1 Å². The molecule has 0 fully saturated rings. The summed E-state index contributed by atoms with van der Waals surface area (Å²) in [6.45, 7) is 1.84. The SMILES string of the molecule is Cc1cccc(-c2nc(Cl)c3cc(F)cc(F)c3n2)c1Cl. The number of aromatic nitrogens is 2. The fraction of sp³-hybridized carbons (Fsp3) is 0.0667. The fourth-order valence-corrected chi connectivity index (χ4v) is 2.50. The van der Waals surface area contributed by atoms with Crippen molar-refractivity contribution in [2.45, 2.75) is 6.92 Å². The predicted octanol–water partition coefficient (Wildman–Crippen LogP) is 5.19. The van der Waals surface area contributed by atoms with Crippen molar-refractivity contribution in [3.8, 4) is 11.4 Å². The van der Waals surface area contributed by atoms with E-state index in [-0.39, 0.29) is 21.9 Å². The van der Waals surface area contributed by atoms with E-state index in [1.54, 1.807) is 12.1 Å². The molecule has 0 amide bonds. The Bertz CT molecular complexity index is 866. The van der Waals surface area contributed by atoms with Gasteiger partial charge in [0.05, 0.1) is 5.02 Å². The molecule has 0 N–H and O–H groups in total. The number of aryl methyl sites for hydroxylation is 1. The Morgan fingerprint density at radius 3 is 2.57 bits per heavy atom. The first-order chi connectivity index (χ1) is 9.97. The molecular weight excluding hydrogens is 317 g/mol. The van der Waals surface area contributed by atoms with Crippen LogP contribution in [-0.4, -0.2) is 9.97 Å². The zero-order chi connectivity index (χ0) is 15.1. The summed E-state index contributed by atoms with van der Waals surface area (Å²) in [5.41, 5.74) is 1.35.